The van der Waals surface area contributed by atoms with Gasteiger partial charge in [0.2, 0.25) is 16.0 Å². The molecule has 0 aliphatic rings. The molecule has 2 aromatic rings. The van der Waals surface area contributed by atoms with Crippen LogP contribution in [0, 0.1) is 0 Å². The third-order valence-corrected chi connectivity index (χ3v) is 7.74. The molecular formula is C21H21Br2F3N4O7S. The van der Waals surface area contributed by atoms with E-state index in [-0.39, 0.29) is 24.1 Å². The van der Waals surface area contributed by atoms with Gasteiger partial charge in [-0.25, -0.2) is 18.0 Å². The Kier molecular flexibility index (Phi) is 11.4. The van der Waals surface area contributed by atoms with Crippen molar-refractivity contribution >= 4 is 59.8 Å². The topological polar surface area (TPSA) is 172 Å². The molecule has 0 spiro atoms. The van der Waals surface area contributed by atoms with E-state index < -0.39 is 40.6 Å². The van der Waals surface area contributed by atoms with E-state index in [2.05, 4.69) is 41.8 Å². The Morgan fingerprint density at radius 3 is 2.26 bits per heavy atom. The number of rotatable bonds is 12. The number of benzene rings is 2. The van der Waals surface area contributed by atoms with Crippen LogP contribution in [0.3, 0.4) is 0 Å². The highest BCUT2D eigenvalue weighted by Gasteiger charge is 2.43. The number of alkyl halides is 3. The molecule has 0 unspecified atom stereocenters. The summed E-state index contributed by atoms with van der Waals surface area (Å²) in [4.78, 5) is 28.1. The Balaban J connectivity index is 2.15. The maximum atomic E-state index is 12.9. The lowest BCUT2D eigenvalue weighted by Crippen LogP contribution is -2.45. The molecule has 208 valence electrons. The summed E-state index contributed by atoms with van der Waals surface area (Å²) in [6, 6.07) is 7.87. The number of hydrogen-bond acceptors (Lipinski definition) is 8. The first-order valence-electron chi connectivity index (χ1n) is 10.4. The van der Waals surface area contributed by atoms with Crippen LogP contribution in [0.15, 0.2) is 61.5 Å². The number of oxime groups is 1. The van der Waals surface area contributed by atoms with E-state index in [0.717, 1.165) is 0 Å². The van der Waals surface area contributed by atoms with E-state index in [0.29, 0.717) is 26.7 Å². The summed E-state index contributed by atoms with van der Waals surface area (Å²) in [6.45, 7) is 0.419. The third-order valence-electron chi connectivity index (χ3n) is 4.39. The number of esters is 2. The number of sulfonamides is 1. The maximum Gasteiger partial charge on any atom is 0.491 e. The van der Waals surface area contributed by atoms with Gasteiger partial charge in [-0.2, -0.15) is 17.9 Å². The minimum atomic E-state index is -5.46. The zero-order chi connectivity index (χ0) is 28.5. The predicted molar refractivity (Wildman–Crippen MR) is 135 cm³/mol. The molecule has 2 rings (SSSR count). The van der Waals surface area contributed by atoms with E-state index in [1.807, 2.05) is 4.72 Å². The van der Waals surface area contributed by atoms with Gasteiger partial charge < -0.3 is 25.8 Å². The first kappa shape index (κ1) is 31.3. The standard InChI is InChI=1S/C21H21Br2F3N4O7S/c22-15-7-6-14(11-16(15)23)38(33,34)30-17(18(31)37-19(32)21(24,25)26)10-12-2-4-13(5-3-12)35-8-1-9-36-29-20(27)28/h2-7,11,17,30H,1,8-10H2,(H4,27,28,29)/t17-/m0/s1. The minimum absolute atomic E-state index is 0.186. The maximum absolute atomic E-state index is 12.9. The molecule has 38 heavy (non-hydrogen) atoms. The number of guanidine groups is 1. The van der Waals surface area contributed by atoms with Crippen LogP contribution in [0.2, 0.25) is 0 Å². The van der Waals surface area contributed by atoms with Crippen LogP contribution in [0.4, 0.5) is 13.2 Å². The predicted octanol–water partition coefficient (Wildman–Crippen LogP) is 2.71. The number of halogens is 5. The molecule has 17 heteroatoms. The molecule has 0 heterocycles. The van der Waals surface area contributed by atoms with Crippen molar-refractivity contribution < 1.29 is 45.5 Å². The highest BCUT2D eigenvalue weighted by molar-refractivity contribution is 9.13. The van der Waals surface area contributed by atoms with Crippen LogP contribution in [-0.2, 0) is 35.6 Å². The molecule has 0 bridgehead atoms. The van der Waals surface area contributed by atoms with Crippen LogP contribution in [-0.4, -0.2) is 51.7 Å². The molecule has 0 aromatic heterocycles. The molecule has 1 atom stereocenters. The van der Waals surface area contributed by atoms with Crippen molar-refractivity contribution in [1.82, 2.24) is 4.72 Å². The zero-order valence-corrected chi connectivity index (χ0v) is 23.2. The summed E-state index contributed by atoms with van der Waals surface area (Å²) < 4.78 is 75.9. The highest BCUT2D eigenvalue weighted by atomic mass is 79.9. The number of nitrogens with zero attached hydrogens (tertiary/aromatic N) is 1. The highest BCUT2D eigenvalue weighted by Crippen LogP contribution is 2.26. The van der Waals surface area contributed by atoms with Gasteiger partial charge in [0.05, 0.1) is 11.5 Å². The smallest absolute Gasteiger partial charge is 0.491 e. The normalized spacial score (nSPS) is 12.3. The molecule has 0 saturated carbocycles. The molecule has 5 N–H and O–H groups in total. The fraction of sp³-hybridized carbons (Fsp3) is 0.286. The lowest BCUT2D eigenvalue weighted by Gasteiger charge is -2.18. The summed E-state index contributed by atoms with van der Waals surface area (Å²) in [5.74, 6) is -4.32. The van der Waals surface area contributed by atoms with Crippen LogP contribution < -0.4 is 20.9 Å². The van der Waals surface area contributed by atoms with Gasteiger partial charge in [0.15, 0.2) is 0 Å². The molecule has 0 fully saturated rings. The molecule has 0 aliphatic heterocycles. The number of nitrogens with two attached hydrogens (primary N) is 2. The lowest BCUT2D eigenvalue weighted by atomic mass is 10.1. The quantitative estimate of drug-likeness (QED) is 0.0757. The van der Waals surface area contributed by atoms with Crippen molar-refractivity contribution in [2.75, 3.05) is 13.2 Å². The van der Waals surface area contributed by atoms with Crippen LogP contribution >= 0.6 is 31.9 Å². The number of carbonyl (C=O) groups excluding carboxylic acids is 2. The van der Waals surface area contributed by atoms with Gasteiger partial charge in [0, 0.05) is 15.4 Å². The summed E-state index contributed by atoms with van der Waals surface area (Å²) in [7, 11) is -4.42. The molecule has 11 nitrogen and oxygen atoms in total. The SMILES string of the molecule is NC(N)=NOCCCOc1ccc(C[C@H](NS(=O)(=O)c2ccc(Br)c(Br)c2)C(=O)OC(=O)C(F)(F)F)cc1. The summed E-state index contributed by atoms with van der Waals surface area (Å²) in [6.07, 6.45) is -5.45. The van der Waals surface area contributed by atoms with E-state index in [9.17, 15) is 31.2 Å². The zero-order valence-electron chi connectivity index (χ0n) is 19.2. The van der Waals surface area contributed by atoms with Crippen molar-refractivity contribution in [2.24, 2.45) is 16.6 Å². The number of carbonyl (C=O) groups is 2. The van der Waals surface area contributed by atoms with Crippen LogP contribution in [0.25, 0.3) is 0 Å². The molecule has 0 amide bonds. The summed E-state index contributed by atoms with van der Waals surface area (Å²) >= 11 is 6.34. The molecule has 2 aromatic carbocycles. The van der Waals surface area contributed by atoms with Crippen LogP contribution in [0.1, 0.15) is 12.0 Å². The van der Waals surface area contributed by atoms with Gasteiger partial charge in [0.25, 0.3) is 0 Å². The van der Waals surface area contributed by atoms with Gasteiger partial charge in [-0.05, 0) is 79.3 Å². The van der Waals surface area contributed by atoms with Crippen molar-refractivity contribution in [1.29, 1.82) is 0 Å². The van der Waals surface area contributed by atoms with Crippen molar-refractivity contribution in [3.8, 4) is 5.75 Å². The molecule has 0 aliphatic carbocycles. The average molecular weight is 690 g/mol. The number of nitrogens with one attached hydrogen (secondary N) is 1. The van der Waals surface area contributed by atoms with Crippen molar-refractivity contribution in [3.05, 3.63) is 57.0 Å². The fourth-order valence-corrected chi connectivity index (χ4v) is 4.67. The number of ether oxygens (including phenoxy) is 2. The van der Waals surface area contributed by atoms with Gasteiger partial charge in [-0.15, -0.1) is 0 Å². The average Bonchev–Trinajstić information content (AvgIpc) is 2.82. The second-order valence-electron chi connectivity index (χ2n) is 7.36. The fourth-order valence-electron chi connectivity index (χ4n) is 2.68. The monoisotopic (exact) mass is 688 g/mol. The van der Waals surface area contributed by atoms with E-state index in [1.54, 1.807) is 0 Å². The second-order valence-corrected chi connectivity index (χ2v) is 10.8. The Labute approximate surface area is 232 Å². The Bertz CT molecular complexity index is 1270. The first-order valence-corrected chi connectivity index (χ1v) is 13.5. The first-order chi connectivity index (χ1) is 17.7. The van der Waals surface area contributed by atoms with E-state index in [1.165, 1.54) is 42.5 Å². The Hall–Kier alpha value is -2.89. The molecular weight excluding hydrogens is 669 g/mol. The van der Waals surface area contributed by atoms with Gasteiger partial charge >= 0.3 is 18.1 Å². The minimum Gasteiger partial charge on any atom is -0.493 e. The third kappa shape index (κ3) is 10.1. The molecule has 0 saturated heterocycles. The van der Waals surface area contributed by atoms with Crippen LogP contribution in [0.5, 0.6) is 5.75 Å². The van der Waals surface area contributed by atoms with E-state index >= 15 is 0 Å². The lowest BCUT2D eigenvalue weighted by molar-refractivity contribution is -0.202. The molecule has 0 radical (unpaired) electrons. The van der Waals surface area contributed by atoms with Gasteiger partial charge in [-0.3, -0.25) is 0 Å². The van der Waals surface area contributed by atoms with Crippen molar-refractivity contribution in [3.63, 3.8) is 0 Å². The van der Waals surface area contributed by atoms with Gasteiger partial charge in [-0.1, -0.05) is 12.1 Å². The Morgan fingerprint density at radius 1 is 1.03 bits per heavy atom. The Morgan fingerprint density at radius 2 is 1.68 bits per heavy atom. The van der Waals surface area contributed by atoms with E-state index in [4.69, 9.17) is 21.0 Å². The van der Waals surface area contributed by atoms with Crippen molar-refractivity contribution in [2.45, 2.75) is 30.0 Å². The second kappa shape index (κ2) is 13.8. The summed E-state index contributed by atoms with van der Waals surface area (Å²) in [5.41, 5.74) is 10.6. The summed E-state index contributed by atoms with van der Waals surface area (Å²) in [5, 5.41) is 3.35. The van der Waals surface area contributed by atoms with Gasteiger partial charge in [0.1, 0.15) is 18.4 Å². The number of hydrogen-bond donors (Lipinski definition) is 3. The largest absolute Gasteiger partial charge is 0.493 e.